The van der Waals surface area contributed by atoms with E-state index in [0.29, 0.717) is 0 Å². The molecule has 0 bridgehead atoms. The summed E-state index contributed by atoms with van der Waals surface area (Å²) in [4.78, 5) is 9.85. The molecule has 0 fully saturated rings. The van der Waals surface area contributed by atoms with Crippen LogP contribution < -0.4 is 0 Å². The molecule has 0 saturated carbocycles. The first kappa shape index (κ1) is 11.0. The second-order valence-corrected chi connectivity index (χ2v) is 5.31. The zero-order valence-electron chi connectivity index (χ0n) is 9.70. The second kappa shape index (κ2) is 4.27. The van der Waals surface area contributed by atoms with Gasteiger partial charge in [-0.3, -0.25) is 0 Å². The van der Waals surface area contributed by atoms with Crippen LogP contribution in [0.25, 0.3) is 16.5 Å². The number of nitrogens with zero attached hydrogens (tertiary/aromatic N) is 2. The predicted octanol–water partition coefficient (Wildman–Crippen LogP) is 3.04. The van der Waals surface area contributed by atoms with Crippen LogP contribution in [0.5, 0.6) is 0 Å². The molecular weight excluding hydrogens is 278 g/mol. The zero-order chi connectivity index (χ0) is 11.8. The molecule has 88 valence electrons. The van der Waals surface area contributed by atoms with Crippen LogP contribution >= 0.6 is 15.9 Å². The monoisotopic (exact) mass is 291 g/mol. The van der Waals surface area contributed by atoms with Gasteiger partial charge in [0.15, 0.2) is 0 Å². The van der Waals surface area contributed by atoms with Gasteiger partial charge in [0, 0.05) is 30.2 Å². The Kier molecular flexibility index (Phi) is 2.76. The van der Waals surface area contributed by atoms with Crippen molar-refractivity contribution in [2.24, 2.45) is 0 Å². The van der Waals surface area contributed by atoms with Crippen molar-refractivity contribution in [3.05, 3.63) is 34.7 Å². The summed E-state index contributed by atoms with van der Waals surface area (Å²) in [5.41, 5.74) is 3.85. The first-order chi connectivity index (χ1) is 8.24. The van der Waals surface area contributed by atoms with Gasteiger partial charge in [-0.1, -0.05) is 6.08 Å². The molecule has 1 N–H and O–H groups in total. The molecule has 3 heterocycles. The SMILES string of the molecule is CN1CC=C(c2c[nH]c3cnc(Br)cc23)CC1. The minimum atomic E-state index is 0.888. The maximum Gasteiger partial charge on any atom is 0.106 e. The van der Waals surface area contributed by atoms with Gasteiger partial charge in [-0.05, 0) is 41.0 Å². The molecule has 4 heteroatoms. The van der Waals surface area contributed by atoms with Gasteiger partial charge in [0.2, 0.25) is 0 Å². The Morgan fingerprint density at radius 2 is 2.35 bits per heavy atom. The smallest absolute Gasteiger partial charge is 0.106 e. The summed E-state index contributed by atoms with van der Waals surface area (Å²) in [5.74, 6) is 0. The second-order valence-electron chi connectivity index (χ2n) is 4.50. The summed E-state index contributed by atoms with van der Waals surface area (Å²) in [6.45, 7) is 2.17. The third-order valence-corrected chi connectivity index (χ3v) is 3.72. The maximum atomic E-state index is 4.24. The van der Waals surface area contributed by atoms with Crippen molar-refractivity contribution in [2.75, 3.05) is 20.1 Å². The maximum absolute atomic E-state index is 4.24. The van der Waals surface area contributed by atoms with Gasteiger partial charge in [0.1, 0.15) is 4.60 Å². The van der Waals surface area contributed by atoms with Gasteiger partial charge in [-0.2, -0.15) is 0 Å². The van der Waals surface area contributed by atoms with Crippen molar-refractivity contribution in [1.29, 1.82) is 0 Å². The highest BCUT2D eigenvalue weighted by Crippen LogP contribution is 2.29. The first-order valence-electron chi connectivity index (χ1n) is 5.74. The molecule has 17 heavy (non-hydrogen) atoms. The lowest BCUT2D eigenvalue weighted by Crippen LogP contribution is -2.23. The van der Waals surface area contributed by atoms with Crippen molar-refractivity contribution in [2.45, 2.75) is 6.42 Å². The van der Waals surface area contributed by atoms with E-state index in [0.717, 1.165) is 29.6 Å². The highest BCUT2D eigenvalue weighted by Gasteiger charge is 2.13. The molecule has 0 atom stereocenters. The molecule has 0 aromatic carbocycles. The average molecular weight is 292 g/mol. The van der Waals surface area contributed by atoms with Crippen molar-refractivity contribution < 1.29 is 0 Å². The van der Waals surface area contributed by atoms with Crippen LogP contribution in [0.15, 0.2) is 29.1 Å². The van der Waals surface area contributed by atoms with Crippen molar-refractivity contribution in [1.82, 2.24) is 14.9 Å². The molecule has 3 rings (SSSR count). The van der Waals surface area contributed by atoms with E-state index in [-0.39, 0.29) is 0 Å². The molecule has 0 saturated heterocycles. The molecular formula is C13H14BrN3. The highest BCUT2D eigenvalue weighted by molar-refractivity contribution is 9.10. The quantitative estimate of drug-likeness (QED) is 0.819. The average Bonchev–Trinajstić information content (AvgIpc) is 2.73. The topological polar surface area (TPSA) is 31.9 Å². The lowest BCUT2D eigenvalue weighted by atomic mass is 10.00. The summed E-state index contributed by atoms with van der Waals surface area (Å²) in [7, 11) is 2.16. The lowest BCUT2D eigenvalue weighted by molar-refractivity contribution is 0.370. The fraction of sp³-hybridized carbons (Fsp3) is 0.308. The molecule has 1 aliphatic heterocycles. The van der Waals surface area contributed by atoms with E-state index in [9.17, 15) is 0 Å². The summed E-state index contributed by atoms with van der Waals surface area (Å²) >= 11 is 3.43. The van der Waals surface area contributed by atoms with Crippen LogP contribution in [0, 0.1) is 0 Å². The van der Waals surface area contributed by atoms with Crippen LogP contribution in [0.1, 0.15) is 12.0 Å². The number of nitrogens with one attached hydrogen (secondary N) is 1. The van der Waals surface area contributed by atoms with E-state index >= 15 is 0 Å². The van der Waals surface area contributed by atoms with Crippen LogP contribution in [-0.2, 0) is 0 Å². The minimum Gasteiger partial charge on any atom is -0.359 e. The van der Waals surface area contributed by atoms with E-state index in [1.165, 1.54) is 16.5 Å². The van der Waals surface area contributed by atoms with Gasteiger partial charge >= 0.3 is 0 Å². The molecule has 2 aromatic rings. The number of H-pyrrole nitrogens is 1. The zero-order valence-corrected chi connectivity index (χ0v) is 11.3. The summed E-state index contributed by atoms with van der Waals surface area (Å²) in [6.07, 6.45) is 7.40. The number of pyridine rings is 1. The highest BCUT2D eigenvalue weighted by atomic mass is 79.9. The molecule has 0 amide bonds. The number of hydrogen-bond acceptors (Lipinski definition) is 2. The number of rotatable bonds is 1. The standard InChI is InChI=1S/C13H14BrN3/c1-17-4-2-9(3-5-17)11-7-15-12-8-16-13(14)6-10(11)12/h2,6-8,15H,3-5H2,1H3. The van der Waals surface area contributed by atoms with E-state index in [2.05, 4.69) is 56.2 Å². The van der Waals surface area contributed by atoms with Gasteiger partial charge in [-0.15, -0.1) is 0 Å². The van der Waals surface area contributed by atoms with Crippen molar-refractivity contribution in [3.63, 3.8) is 0 Å². The van der Waals surface area contributed by atoms with Gasteiger partial charge in [0.05, 0.1) is 11.7 Å². The van der Waals surface area contributed by atoms with Crippen molar-refractivity contribution >= 4 is 32.4 Å². The fourth-order valence-corrected chi connectivity index (χ4v) is 2.61. The number of aromatic nitrogens is 2. The Balaban J connectivity index is 2.08. The normalized spacial score (nSPS) is 17.4. The Labute approximate surface area is 109 Å². The van der Waals surface area contributed by atoms with Gasteiger partial charge in [0.25, 0.3) is 0 Å². The van der Waals surface area contributed by atoms with E-state index < -0.39 is 0 Å². The Bertz CT molecular complexity index is 585. The van der Waals surface area contributed by atoms with Crippen LogP contribution in [0.3, 0.4) is 0 Å². The van der Waals surface area contributed by atoms with Crippen LogP contribution in [0.2, 0.25) is 0 Å². The summed E-state index contributed by atoms with van der Waals surface area (Å²) in [6, 6.07) is 2.08. The third kappa shape index (κ3) is 2.03. The van der Waals surface area contributed by atoms with E-state index in [1.807, 2.05) is 6.20 Å². The first-order valence-corrected chi connectivity index (χ1v) is 6.54. The molecule has 0 aliphatic carbocycles. The number of halogens is 1. The fourth-order valence-electron chi connectivity index (χ4n) is 2.28. The molecule has 3 nitrogen and oxygen atoms in total. The van der Waals surface area contributed by atoms with Crippen LogP contribution in [0.4, 0.5) is 0 Å². The molecule has 1 aliphatic rings. The molecule has 0 spiro atoms. The predicted molar refractivity (Wildman–Crippen MR) is 73.9 cm³/mol. The lowest BCUT2D eigenvalue weighted by Gasteiger charge is -2.21. The van der Waals surface area contributed by atoms with Gasteiger partial charge < -0.3 is 9.88 Å². The summed E-state index contributed by atoms with van der Waals surface area (Å²) in [5, 5.41) is 1.25. The largest absolute Gasteiger partial charge is 0.359 e. The number of hydrogen-bond donors (Lipinski definition) is 1. The third-order valence-electron chi connectivity index (χ3n) is 3.29. The minimum absolute atomic E-state index is 0.888. The number of fused-ring (bicyclic) bond motifs is 1. The van der Waals surface area contributed by atoms with E-state index in [4.69, 9.17) is 0 Å². The molecule has 0 unspecified atom stereocenters. The number of aromatic amines is 1. The molecule has 0 radical (unpaired) electrons. The van der Waals surface area contributed by atoms with E-state index in [1.54, 1.807) is 0 Å². The number of likely N-dealkylation sites (N-methyl/N-ethyl adjacent to an activating group) is 1. The van der Waals surface area contributed by atoms with Gasteiger partial charge in [-0.25, -0.2) is 4.98 Å². The molecule has 2 aromatic heterocycles. The Morgan fingerprint density at radius 3 is 3.12 bits per heavy atom. The Morgan fingerprint density at radius 1 is 1.47 bits per heavy atom. The van der Waals surface area contributed by atoms with Crippen LogP contribution in [-0.4, -0.2) is 35.0 Å². The Hall–Kier alpha value is -1.13. The van der Waals surface area contributed by atoms with Crippen molar-refractivity contribution in [3.8, 4) is 0 Å². The summed E-state index contributed by atoms with van der Waals surface area (Å²) < 4.78 is 0.888.